The molecule has 1 aliphatic rings. The predicted molar refractivity (Wildman–Crippen MR) is 91.3 cm³/mol. The van der Waals surface area contributed by atoms with Crippen LogP contribution in [0.2, 0.25) is 0 Å². The molecule has 0 amide bonds. The molecule has 2 unspecified atom stereocenters. The first-order valence-corrected chi connectivity index (χ1v) is 8.04. The standard InChI is InChI=1S/C15H21BrN2OS/c1-4-19-12-8-11(15(12,2)3)18-10-7-5-6-9(16)13(10)14(17)20/h5-7,11-12,18H,4,8H2,1-3H3,(H2,17,20). The summed E-state index contributed by atoms with van der Waals surface area (Å²) in [5.74, 6) is 0. The summed E-state index contributed by atoms with van der Waals surface area (Å²) in [6.07, 6.45) is 1.31. The maximum atomic E-state index is 5.83. The van der Waals surface area contributed by atoms with Crippen molar-refractivity contribution in [2.45, 2.75) is 39.3 Å². The van der Waals surface area contributed by atoms with E-state index in [0.717, 1.165) is 28.8 Å². The highest BCUT2D eigenvalue weighted by atomic mass is 79.9. The van der Waals surface area contributed by atoms with Crippen LogP contribution in [-0.2, 0) is 4.74 Å². The molecule has 20 heavy (non-hydrogen) atoms. The van der Waals surface area contributed by atoms with E-state index in [-0.39, 0.29) is 5.41 Å². The van der Waals surface area contributed by atoms with Crippen molar-refractivity contribution in [3.05, 3.63) is 28.2 Å². The van der Waals surface area contributed by atoms with Crippen molar-refractivity contribution >= 4 is 38.8 Å². The summed E-state index contributed by atoms with van der Waals surface area (Å²) in [7, 11) is 0. The third kappa shape index (κ3) is 2.85. The van der Waals surface area contributed by atoms with Crippen molar-refractivity contribution in [1.29, 1.82) is 0 Å². The lowest BCUT2D eigenvalue weighted by Crippen LogP contribution is -2.58. The zero-order valence-electron chi connectivity index (χ0n) is 12.1. The average Bonchev–Trinajstić information content (AvgIpc) is 2.37. The molecule has 3 nitrogen and oxygen atoms in total. The Hall–Kier alpha value is -0.650. The Kier molecular flexibility index (Phi) is 4.72. The lowest BCUT2D eigenvalue weighted by Gasteiger charge is -2.52. The van der Waals surface area contributed by atoms with Crippen LogP contribution in [0.1, 0.15) is 32.8 Å². The van der Waals surface area contributed by atoms with Gasteiger partial charge in [-0.25, -0.2) is 0 Å². The molecule has 3 N–H and O–H groups in total. The highest BCUT2D eigenvalue weighted by molar-refractivity contribution is 9.10. The summed E-state index contributed by atoms with van der Waals surface area (Å²) in [5, 5.41) is 3.57. The quantitative estimate of drug-likeness (QED) is 0.789. The summed E-state index contributed by atoms with van der Waals surface area (Å²) in [6, 6.07) is 6.32. The number of halogens is 1. The van der Waals surface area contributed by atoms with Gasteiger partial charge in [0.05, 0.1) is 6.10 Å². The lowest BCUT2D eigenvalue weighted by atomic mass is 9.64. The van der Waals surface area contributed by atoms with Gasteiger partial charge in [-0.3, -0.25) is 0 Å². The Labute approximate surface area is 134 Å². The van der Waals surface area contributed by atoms with Gasteiger partial charge in [-0.2, -0.15) is 0 Å². The topological polar surface area (TPSA) is 47.3 Å². The summed E-state index contributed by atoms with van der Waals surface area (Å²) >= 11 is 8.66. The second kappa shape index (κ2) is 6.00. The number of hydrogen-bond donors (Lipinski definition) is 2. The first-order valence-electron chi connectivity index (χ1n) is 6.84. The molecule has 0 heterocycles. The third-order valence-electron chi connectivity index (χ3n) is 4.14. The van der Waals surface area contributed by atoms with E-state index in [4.69, 9.17) is 22.7 Å². The van der Waals surface area contributed by atoms with Crippen molar-refractivity contribution in [3.8, 4) is 0 Å². The molecule has 2 rings (SSSR count). The minimum atomic E-state index is 0.103. The normalized spacial score (nSPS) is 24.0. The smallest absolute Gasteiger partial charge is 0.107 e. The van der Waals surface area contributed by atoms with E-state index in [9.17, 15) is 0 Å². The van der Waals surface area contributed by atoms with Gasteiger partial charge in [-0.1, -0.05) is 32.1 Å². The zero-order chi connectivity index (χ0) is 14.9. The molecule has 0 bridgehead atoms. The van der Waals surface area contributed by atoms with E-state index in [1.807, 2.05) is 25.1 Å². The molecule has 0 saturated heterocycles. The first-order chi connectivity index (χ1) is 9.37. The second-order valence-electron chi connectivity index (χ2n) is 5.72. The molecule has 0 spiro atoms. The van der Waals surface area contributed by atoms with Gasteiger partial charge in [0, 0.05) is 33.8 Å². The van der Waals surface area contributed by atoms with E-state index >= 15 is 0 Å². The Morgan fingerprint density at radius 2 is 2.25 bits per heavy atom. The lowest BCUT2D eigenvalue weighted by molar-refractivity contribution is -0.0976. The number of nitrogens with two attached hydrogens (primary N) is 1. The molecule has 0 aromatic heterocycles. The van der Waals surface area contributed by atoms with Gasteiger partial charge in [0.25, 0.3) is 0 Å². The van der Waals surface area contributed by atoms with Crippen LogP contribution in [-0.4, -0.2) is 23.7 Å². The minimum absolute atomic E-state index is 0.103. The van der Waals surface area contributed by atoms with Gasteiger partial charge in [0.15, 0.2) is 0 Å². The third-order valence-corrected chi connectivity index (χ3v) is 5.00. The van der Waals surface area contributed by atoms with Crippen LogP contribution in [0.4, 0.5) is 5.69 Å². The van der Waals surface area contributed by atoms with Gasteiger partial charge in [0.1, 0.15) is 4.99 Å². The first kappa shape index (κ1) is 15.7. The number of benzene rings is 1. The zero-order valence-corrected chi connectivity index (χ0v) is 14.5. The van der Waals surface area contributed by atoms with Crippen LogP contribution in [0.3, 0.4) is 0 Å². The highest BCUT2D eigenvalue weighted by Gasteiger charge is 2.49. The van der Waals surface area contributed by atoms with Crippen LogP contribution >= 0.6 is 28.1 Å². The number of anilines is 1. The molecule has 1 saturated carbocycles. The molecule has 1 fully saturated rings. The Bertz CT molecular complexity index is 519. The van der Waals surface area contributed by atoms with E-state index in [2.05, 4.69) is 35.1 Å². The van der Waals surface area contributed by atoms with Crippen LogP contribution in [0.15, 0.2) is 22.7 Å². The monoisotopic (exact) mass is 356 g/mol. The van der Waals surface area contributed by atoms with E-state index < -0.39 is 0 Å². The van der Waals surface area contributed by atoms with E-state index in [1.54, 1.807) is 0 Å². The molecule has 1 aromatic carbocycles. The number of hydrogen-bond acceptors (Lipinski definition) is 3. The Morgan fingerprint density at radius 1 is 1.55 bits per heavy atom. The summed E-state index contributed by atoms with van der Waals surface area (Å²) < 4.78 is 6.69. The Balaban J connectivity index is 2.17. The number of thiocarbonyl (C=S) groups is 1. The van der Waals surface area contributed by atoms with Crippen LogP contribution in [0.5, 0.6) is 0 Å². The van der Waals surface area contributed by atoms with Crippen LogP contribution in [0.25, 0.3) is 0 Å². The summed E-state index contributed by atoms with van der Waals surface area (Å²) in [5.41, 5.74) is 7.79. The van der Waals surface area contributed by atoms with Gasteiger partial charge in [0.2, 0.25) is 0 Å². The molecular weight excluding hydrogens is 336 g/mol. The highest BCUT2D eigenvalue weighted by Crippen LogP contribution is 2.44. The maximum Gasteiger partial charge on any atom is 0.107 e. The van der Waals surface area contributed by atoms with Crippen molar-refractivity contribution in [3.63, 3.8) is 0 Å². The molecule has 0 aliphatic heterocycles. The molecule has 0 radical (unpaired) electrons. The van der Waals surface area contributed by atoms with E-state index in [0.29, 0.717) is 17.1 Å². The molecule has 1 aliphatic carbocycles. The predicted octanol–water partition coefficient (Wildman–Crippen LogP) is 3.70. The number of rotatable bonds is 5. The maximum absolute atomic E-state index is 5.83. The number of nitrogens with one attached hydrogen (secondary N) is 1. The largest absolute Gasteiger partial charge is 0.389 e. The fourth-order valence-electron chi connectivity index (χ4n) is 2.70. The van der Waals surface area contributed by atoms with Gasteiger partial charge >= 0.3 is 0 Å². The SMILES string of the molecule is CCOC1CC(Nc2cccc(Br)c2C(N)=S)C1(C)C. The van der Waals surface area contributed by atoms with Gasteiger partial charge in [-0.05, 0) is 41.4 Å². The van der Waals surface area contributed by atoms with E-state index in [1.165, 1.54) is 0 Å². The van der Waals surface area contributed by atoms with Gasteiger partial charge < -0.3 is 15.8 Å². The van der Waals surface area contributed by atoms with Crippen molar-refractivity contribution in [1.82, 2.24) is 0 Å². The molecule has 110 valence electrons. The summed E-state index contributed by atoms with van der Waals surface area (Å²) in [6.45, 7) is 7.26. The van der Waals surface area contributed by atoms with Crippen molar-refractivity contribution in [2.75, 3.05) is 11.9 Å². The molecule has 2 atom stereocenters. The fraction of sp³-hybridized carbons (Fsp3) is 0.533. The van der Waals surface area contributed by atoms with Gasteiger partial charge in [-0.15, -0.1) is 0 Å². The summed E-state index contributed by atoms with van der Waals surface area (Å²) in [4.78, 5) is 0.401. The molecule has 1 aromatic rings. The fourth-order valence-corrected chi connectivity index (χ4v) is 3.63. The van der Waals surface area contributed by atoms with Crippen molar-refractivity contribution < 1.29 is 4.74 Å². The molecule has 5 heteroatoms. The minimum Gasteiger partial charge on any atom is -0.389 e. The second-order valence-corrected chi connectivity index (χ2v) is 7.02. The molecular formula is C15H21BrN2OS. The Morgan fingerprint density at radius 3 is 2.80 bits per heavy atom. The van der Waals surface area contributed by atoms with Crippen molar-refractivity contribution in [2.24, 2.45) is 11.1 Å². The van der Waals surface area contributed by atoms with Crippen LogP contribution < -0.4 is 11.1 Å². The average molecular weight is 357 g/mol. The number of ether oxygens (including phenoxy) is 1. The van der Waals surface area contributed by atoms with Crippen LogP contribution in [0, 0.1) is 5.41 Å².